The molecule has 0 amide bonds. The summed E-state index contributed by atoms with van der Waals surface area (Å²) in [5.41, 5.74) is 1.35. The summed E-state index contributed by atoms with van der Waals surface area (Å²) in [6.45, 7) is 7.10. The Morgan fingerprint density at radius 2 is 1.46 bits per heavy atom. The molecule has 1 aromatic rings. The fourth-order valence-corrected chi connectivity index (χ4v) is 4.29. The maximum Gasteiger partial charge on any atom is 0.249 e. The molecule has 0 fully saturated rings. The van der Waals surface area contributed by atoms with Crippen LogP contribution in [0.15, 0.2) is 30.3 Å². The van der Waals surface area contributed by atoms with Crippen molar-refractivity contribution in [3.05, 3.63) is 35.9 Å². The number of aliphatic hydroxyl groups is 1. The van der Waals surface area contributed by atoms with E-state index in [1.165, 1.54) is 82.0 Å². The number of hydrogen-bond donors (Lipinski definition) is 1. The van der Waals surface area contributed by atoms with E-state index in [0.717, 1.165) is 26.1 Å². The van der Waals surface area contributed by atoms with Crippen molar-refractivity contribution in [2.24, 2.45) is 0 Å². The Morgan fingerprint density at radius 3 is 2.04 bits per heavy atom. The summed E-state index contributed by atoms with van der Waals surface area (Å²) >= 11 is 0. The third-order valence-corrected chi connectivity index (χ3v) is 5.98. The molecule has 28 heavy (non-hydrogen) atoms. The SMILES string of the molecule is CCCCCCCCCCCCCC1=[N+](Cc2ccccc2)CCN1C(C)O. The van der Waals surface area contributed by atoms with Gasteiger partial charge in [0.05, 0.1) is 0 Å². The van der Waals surface area contributed by atoms with Crippen LogP contribution in [-0.4, -0.2) is 39.7 Å². The molecule has 1 aromatic carbocycles. The fourth-order valence-electron chi connectivity index (χ4n) is 4.29. The van der Waals surface area contributed by atoms with Crippen LogP contribution in [0.25, 0.3) is 0 Å². The minimum atomic E-state index is -0.386. The lowest BCUT2D eigenvalue weighted by molar-refractivity contribution is -0.535. The number of nitrogens with zero attached hydrogens (tertiary/aromatic N) is 2. The van der Waals surface area contributed by atoms with Gasteiger partial charge in [0.15, 0.2) is 6.23 Å². The molecule has 0 saturated heterocycles. The second-order valence-corrected chi connectivity index (χ2v) is 8.43. The molecule has 0 spiro atoms. The van der Waals surface area contributed by atoms with E-state index in [0.29, 0.717) is 0 Å². The van der Waals surface area contributed by atoms with Gasteiger partial charge in [-0.25, -0.2) is 4.90 Å². The van der Waals surface area contributed by atoms with Crippen LogP contribution in [0.5, 0.6) is 0 Å². The van der Waals surface area contributed by atoms with Gasteiger partial charge < -0.3 is 5.11 Å². The Balaban J connectivity index is 1.68. The number of amidine groups is 1. The van der Waals surface area contributed by atoms with Crippen LogP contribution >= 0.6 is 0 Å². The molecule has 1 aliphatic rings. The summed E-state index contributed by atoms with van der Waals surface area (Å²) in [6, 6.07) is 10.7. The van der Waals surface area contributed by atoms with Crippen LogP contribution in [-0.2, 0) is 6.54 Å². The van der Waals surface area contributed by atoms with E-state index in [1.54, 1.807) is 0 Å². The summed E-state index contributed by atoms with van der Waals surface area (Å²) in [7, 11) is 0. The number of hydrogen-bond acceptors (Lipinski definition) is 2. The van der Waals surface area contributed by atoms with Crippen LogP contribution in [0.1, 0.15) is 96.5 Å². The van der Waals surface area contributed by atoms with Crippen LogP contribution < -0.4 is 0 Å². The van der Waals surface area contributed by atoms with Gasteiger partial charge in [-0.2, -0.15) is 0 Å². The molecule has 3 nitrogen and oxygen atoms in total. The summed E-state index contributed by atoms with van der Waals surface area (Å²) in [4.78, 5) is 2.19. The highest BCUT2D eigenvalue weighted by molar-refractivity contribution is 5.78. The lowest BCUT2D eigenvalue weighted by atomic mass is 10.0. The van der Waals surface area contributed by atoms with Gasteiger partial charge in [0.2, 0.25) is 5.84 Å². The van der Waals surface area contributed by atoms with Crippen LogP contribution in [0.2, 0.25) is 0 Å². The summed E-state index contributed by atoms with van der Waals surface area (Å²) in [5.74, 6) is 1.34. The molecular formula is C25H43N2O+. The monoisotopic (exact) mass is 387 g/mol. The molecular weight excluding hydrogens is 344 g/mol. The van der Waals surface area contributed by atoms with E-state index in [9.17, 15) is 5.11 Å². The molecule has 1 heterocycles. The third kappa shape index (κ3) is 8.34. The molecule has 0 bridgehead atoms. The van der Waals surface area contributed by atoms with E-state index >= 15 is 0 Å². The molecule has 158 valence electrons. The van der Waals surface area contributed by atoms with Crippen LogP contribution in [0.3, 0.4) is 0 Å². The quantitative estimate of drug-likeness (QED) is 0.297. The van der Waals surface area contributed by atoms with Gasteiger partial charge in [-0.1, -0.05) is 101 Å². The Labute approximate surface area is 173 Å². The van der Waals surface area contributed by atoms with Gasteiger partial charge in [-0.3, -0.25) is 4.58 Å². The molecule has 1 N–H and O–H groups in total. The second kappa shape index (κ2) is 13.8. The Hall–Kier alpha value is -1.35. The second-order valence-electron chi connectivity index (χ2n) is 8.43. The first kappa shape index (κ1) is 22.9. The summed E-state index contributed by atoms with van der Waals surface area (Å²) < 4.78 is 2.47. The number of rotatable bonds is 15. The molecule has 1 aliphatic heterocycles. The zero-order valence-electron chi connectivity index (χ0n) is 18.4. The smallest absolute Gasteiger partial charge is 0.249 e. The molecule has 2 rings (SSSR count). The predicted molar refractivity (Wildman–Crippen MR) is 120 cm³/mol. The van der Waals surface area contributed by atoms with Crippen LogP contribution in [0.4, 0.5) is 0 Å². The van der Waals surface area contributed by atoms with Crippen LogP contribution in [0, 0.1) is 0 Å². The summed E-state index contributed by atoms with van der Waals surface area (Å²) in [6.07, 6.45) is 15.8. The van der Waals surface area contributed by atoms with E-state index in [1.807, 2.05) is 6.92 Å². The highest BCUT2D eigenvalue weighted by atomic mass is 16.3. The van der Waals surface area contributed by atoms with Crippen molar-refractivity contribution < 1.29 is 9.68 Å². The van der Waals surface area contributed by atoms with Crippen molar-refractivity contribution in [3.8, 4) is 0 Å². The van der Waals surface area contributed by atoms with Crippen molar-refractivity contribution in [2.75, 3.05) is 13.1 Å². The lowest BCUT2D eigenvalue weighted by Gasteiger charge is -2.16. The van der Waals surface area contributed by atoms with Gasteiger partial charge in [0, 0.05) is 13.3 Å². The highest BCUT2D eigenvalue weighted by Crippen LogP contribution is 2.16. The fraction of sp³-hybridized carbons (Fsp3) is 0.720. The zero-order valence-corrected chi connectivity index (χ0v) is 18.4. The molecule has 3 heteroatoms. The molecule has 0 aromatic heterocycles. The van der Waals surface area contributed by atoms with Crippen molar-refractivity contribution >= 4 is 5.84 Å². The topological polar surface area (TPSA) is 26.5 Å². The number of unbranched alkanes of at least 4 members (excludes halogenated alkanes) is 10. The molecule has 0 aliphatic carbocycles. The van der Waals surface area contributed by atoms with Crippen molar-refractivity contribution in [3.63, 3.8) is 0 Å². The third-order valence-electron chi connectivity index (χ3n) is 5.98. The van der Waals surface area contributed by atoms with E-state index in [4.69, 9.17) is 0 Å². The van der Waals surface area contributed by atoms with Crippen molar-refractivity contribution in [1.29, 1.82) is 0 Å². The maximum absolute atomic E-state index is 10.2. The lowest BCUT2D eigenvalue weighted by Crippen LogP contribution is -2.37. The van der Waals surface area contributed by atoms with Gasteiger partial charge in [-0.15, -0.1) is 0 Å². The first-order valence-corrected chi connectivity index (χ1v) is 11.8. The molecule has 1 atom stereocenters. The maximum atomic E-state index is 10.2. The van der Waals surface area contributed by atoms with E-state index in [-0.39, 0.29) is 6.23 Å². The number of aliphatic hydroxyl groups excluding tert-OH is 1. The van der Waals surface area contributed by atoms with Crippen molar-refractivity contribution in [1.82, 2.24) is 4.90 Å². The first-order chi connectivity index (χ1) is 13.7. The molecule has 0 saturated carbocycles. The van der Waals surface area contributed by atoms with Crippen molar-refractivity contribution in [2.45, 2.75) is 104 Å². The Kier molecular flexibility index (Phi) is 11.3. The highest BCUT2D eigenvalue weighted by Gasteiger charge is 2.32. The van der Waals surface area contributed by atoms with Gasteiger partial charge in [0.1, 0.15) is 19.6 Å². The average molecular weight is 388 g/mol. The number of benzene rings is 1. The zero-order chi connectivity index (χ0) is 20.0. The standard InChI is InChI=1S/C25H43N2O/c1-3-4-5-6-7-8-9-10-11-12-16-19-25-26(20-21-27(25)23(2)28)22-24-17-14-13-15-18-24/h13-15,17-18,23,28H,3-12,16,19-22H2,1-2H3/q+1. The van der Waals surface area contributed by atoms with E-state index in [2.05, 4.69) is 46.7 Å². The molecule has 1 unspecified atom stereocenters. The Morgan fingerprint density at radius 1 is 0.893 bits per heavy atom. The average Bonchev–Trinajstić information content (AvgIpc) is 3.09. The normalized spacial score (nSPS) is 15.5. The summed E-state index contributed by atoms with van der Waals surface area (Å²) in [5, 5.41) is 10.2. The predicted octanol–water partition coefficient (Wildman–Crippen LogP) is 5.95. The first-order valence-electron chi connectivity index (χ1n) is 11.8. The Bertz CT molecular complexity index is 553. The minimum Gasteiger partial charge on any atom is -0.356 e. The largest absolute Gasteiger partial charge is 0.356 e. The van der Waals surface area contributed by atoms with Gasteiger partial charge in [0.25, 0.3) is 0 Å². The minimum absolute atomic E-state index is 0.386. The molecule has 0 radical (unpaired) electrons. The van der Waals surface area contributed by atoms with Gasteiger partial charge in [-0.05, 0) is 12.0 Å². The van der Waals surface area contributed by atoms with E-state index < -0.39 is 0 Å². The van der Waals surface area contributed by atoms with Gasteiger partial charge >= 0.3 is 0 Å².